The molecule has 0 spiro atoms. The number of halogens is 1. The van der Waals surface area contributed by atoms with Gasteiger partial charge < -0.3 is 0 Å². The van der Waals surface area contributed by atoms with E-state index in [1.165, 1.54) is 11.6 Å². The van der Waals surface area contributed by atoms with E-state index in [9.17, 15) is 4.79 Å². The molecule has 21 heavy (non-hydrogen) atoms. The van der Waals surface area contributed by atoms with Crippen molar-refractivity contribution in [1.29, 1.82) is 0 Å². The van der Waals surface area contributed by atoms with E-state index >= 15 is 0 Å². The lowest BCUT2D eigenvalue weighted by molar-refractivity contribution is -0.116. The maximum absolute atomic E-state index is 11.6. The fourth-order valence-electron chi connectivity index (χ4n) is 1.61. The summed E-state index contributed by atoms with van der Waals surface area (Å²) in [5.74, 6) is -0.284. The van der Waals surface area contributed by atoms with E-state index in [4.69, 9.17) is 11.6 Å². The fraction of sp³-hybridized carbons (Fsp3) is 0.0588. The number of aryl methyl sites for hydroxylation is 1. The molecule has 1 amide bonds. The second kappa shape index (κ2) is 7.41. The molecule has 106 valence electrons. The predicted octanol–water partition coefficient (Wildman–Crippen LogP) is 3.81. The number of hydrazone groups is 1. The summed E-state index contributed by atoms with van der Waals surface area (Å²) in [7, 11) is 0. The number of nitrogens with zero attached hydrogens (tertiary/aromatic N) is 1. The Bertz CT molecular complexity index is 658. The Morgan fingerprint density at radius 2 is 1.67 bits per heavy atom. The molecule has 0 fully saturated rings. The molecule has 0 atom stereocenters. The Morgan fingerprint density at radius 1 is 1.05 bits per heavy atom. The van der Waals surface area contributed by atoms with Crippen LogP contribution in [0.5, 0.6) is 0 Å². The molecule has 0 heterocycles. The average molecular weight is 299 g/mol. The summed E-state index contributed by atoms with van der Waals surface area (Å²) in [6, 6.07) is 15.1. The zero-order chi connectivity index (χ0) is 15.1. The molecule has 0 bridgehead atoms. The topological polar surface area (TPSA) is 41.5 Å². The van der Waals surface area contributed by atoms with Gasteiger partial charge >= 0.3 is 0 Å². The summed E-state index contributed by atoms with van der Waals surface area (Å²) in [6.07, 6.45) is 4.73. The molecule has 1 N–H and O–H groups in total. The van der Waals surface area contributed by atoms with Crippen molar-refractivity contribution in [2.24, 2.45) is 5.10 Å². The standard InChI is InChI=1S/C17H15ClN2O/c1-13-2-4-15(5-3-13)12-19-20-17(21)11-8-14-6-9-16(18)10-7-14/h2-12H,1H3,(H,20,21)/b11-8+,19-12-. The van der Waals surface area contributed by atoms with Gasteiger partial charge in [0.15, 0.2) is 0 Å². The van der Waals surface area contributed by atoms with Crippen molar-refractivity contribution >= 4 is 29.8 Å². The molecule has 0 saturated carbocycles. The van der Waals surface area contributed by atoms with Gasteiger partial charge in [-0.05, 0) is 36.3 Å². The molecular weight excluding hydrogens is 284 g/mol. The second-order valence-corrected chi connectivity index (χ2v) is 4.97. The Kier molecular flexibility index (Phi) is 5.29. The van der Waals surface area contributed by atoms with Crippen LogP contribution in [0.2, 0.25) is 5.02 Å². The third kappa shape index (κ3) is 5.24. The maximum atomic E-state index is 11.6. The van der Waals surface area contributed by atoms with Crippen LogP contribution >= 0.6 is 11.6 Å². The quantitative estimate of drug-likeness (QED) is 0.520. The molecule has 0 aromatic heterocycles. The molecule has 2 aromatic rings. The normalized spacial score (nSPS) is 11.1. The summed E-state index contributed by atoms with van der Waals surface area (Å²) < 4.78 is 0. The van der Waals surface area contributed by atoms with Gasteiger partial charge in [-0.3, -0.25) is 4.79 Å². The van der Waals surface area contributed by atoms with Crippen LogP contribution in [0.25, 0.3) is 6.08 Å². The van der Waals surface area contributed by atoms with E-state index in [1.807, 2.05) is 43.3 Å². The number of rotatable bonds is 4. The summed E-state index contributed by atoms with van der Waals surface area (Å²) in [4.78, 5) is 11.6. The largest absolute Gasteiger partial charge is 0.268 e. The van der Waals surface area contributed by atoms with Gasteiger partial charge in [-0.15, -0.1) is 0 Å². The first-order valence-corrected chi connectivity index (χ1v) is 6.84. The van der Waals surface area contributed by atoms with E-state index in [2.05, 4.69) is 10.5 Å². The number of benzene rings is 2. The van der Waals surface area contributed by atoms with Crippen molar-refractivity contribution in [3.05, 3.63) is 76.3 Å². The van der Waals surface area contributed by atoms with E-state index in [-0.39, 0.29) is 5.91 Å². The van der Waals surface area contributed by atoms with Gasteiger partial charge in [0.25, 0.3) is 5.91 Å². The van der Waals surface area contributed by atoms with Gasteiger partial charge in [0.05, 0.1) is 6.21 Å². The summed E-state index contributed by atoms with van der Waals surface area (Å²) in [5, 5.41) is 4.57. The van der Waals surface area contributed by atoms with Crippen molar-refractivity contribution in [2.75, 3.05) is 0 Å². The third-order valence-electron chi connectivity index (χ3n) is 2.76. The summed E-state index contributed by atoms with van der Waals surface area (Å²) >= 11 is 5.79. The first kappa shape index (κ1) is 15.0. The minimum absolute atomic E-state index is 0.284. The average Bonchev–Trinajstić information content (AvgIpc) is 2.49. The van der Waals surface area contributed by atoms with Gasteiger partial charge in [0, 0.05) is 11.1 Å². The Morgan fingerprint density at radius 3 is 2.33 bits per heavy atom. The van der Waals surface area contributed by atoms with Gasteiger partial charge in [0.1, 0.15) is 0 Å². The Labute approximate surface area is 129 Å². The minimum atomic E-state index is -0.284. The molecule has 0 aliphatic rings. The molecule has 2 rings (SSSR count). The highest BCUT2D eigenvalue weighted by molar-refractivity contribution is 6.30. The van der Waals surface area contributed by atoms with E-state index in [1.54, 1.807) is 24.4 Å². The molecule has 2 aromatic carbocycles. The molecule has 3 nitrogen and oxygen atoms in total. The van der Waals surface area contributed by atoms with Crippen LogP contribution in [0.15, 0.2) is 59.7 Å². The Balaban J connectivity index is 1.87. The number of nitrogens with one attached hydrogen (secondary N) is 1. The Hall–Kier alpha value is -2.39. The fourth-order valence-corrected chi connectivity index (χ4v) is 1.73. The summed E-state index contributed by atoms with van der Waals surface area (Å²) in [5.41, 5.74) is 5.46. The molecule has 4 heteroatoms. The molecule has 0 radical (unpaired) electrons. The number of carbonyl (C=O) groups excluding carboxylic acids is 1. The van der Waals surface area contributed by atoms with E-state index in [0.717, 1.165) is 11.1 Å². The van der Waals surface area contributed by atoms with Crippen molar-refractivity contribution in [3.8, 4) is 0 Å². The van der Waals surface area contributed by atoms with Crippen LogP contribution in [-0.2, 0) is 4.79 Å². The number of amides is 1. The smallest absolute Gasteiger partial charge is 0.264 e. The van der Waals surface area contributed by atoms with Crippen LogP contribution in [0.4, 0.5) is 0 Å². The minimum Gasteiger partial charge on any atom is -0.268 e. The molecular formula is C17H15ClN2O. The SMILES string of the molecule is Cc1ccc(/C=N\NC(=O)/C=C/c2ccc(Cl)cc2)cc1. The van der Waals surface area contributed by atoms with Crippen LogP contribution in [0.3, 0.4) is 0 Å². The second-order valence-electron chi connectivity index (χ2n) is 4.53. The molecule has 0 saturated heterocycles. The van der Waals surface area contributed by atoms with Crippen LogP contribution in [0, 0.1) is 6.92 Å². The van der Waals surface area contributed by atoms with Gasteiger partial charge in [-0.25, -0.2) is 5.43 Å². The third-order valence-corrected chi connectivity index (χ3v) is 3.01. The monoisotopic (exact) mass is 298 g/mol. The van der Waals surface area contributed by atoms with Crippen LogP contribution < -0.4 is 5.43 Å². The van der Waals surface area contributed by atoms with E-state index in [0.29, 0.717) is 5.02 Å². The highest BCUT2D eigenvalue weighted by Crippen LogP contribution is 2.10. The first-order chi connectivity index (χ1) is 10.1. The molecule has 0 aliphatic carbocycles. The van der Waals surface area contributed by atoms with Crippen LogP contribution in [0.1, 0.15) is 16.7 Å². The van der Waals surface area contributed by atoms with E-state index < -0.39 is 0 Å². The van der Waals surface area contributed by atoms with Gasteiger partial charge in [-0.1, -0.05) is 53.6 Å². The highest BCUT2D eigenvalue weighted by atomic mass is 35.5. The lowest BCUT2D eigenvalue weighted by Crippen LogP contribution is -2.14. The molecule has 0 aliphatic heterocycles. The number of carbonyl (C=O) groups is 1. The van der Waals surface area contributed by atoms with Gasteiger partial charge in [-0.2, -0.15) is 5.10 Å². The zero-order valence-electron chi connectivity index (χ0n) is 11.6. The highest BCUT2D eigenvalue weighted by Gasteiger charge is 1.93. The number of hydrogen-bond acceptors (Lipinski definition) is 2. The van der Waals surface area contributed by atoms with Gasteiger partial charge in [0.2, 0.25) is 0 Å². The first-order valence-electron chi connectivity index (χ1n) is 6.47. The lowest BCUT2D eigenvalue weighted by atomic mass is 10.2. The lowest BCUT2D eigenvalue weighted by Gasteiger charge is -1.96. The zero-order valence-corrected chi connectivity index (χ0v) is 12.3. The van der Waals surface area contributed by atoms with Crippen molar-refractivity contribution in [3.63, 3.8) is 0 Å². The maximum Gasteiger partial charge on any atom is 0.264 e. The molecule has 0 unspecified atom stereocenters. The number of hydrogen-bond donors (Lipinski definition) is 1. The summed E-state index contributed by atoms with van der Waals surface area (Å²) in [6.45, 7) is 2.02. The van der Waals surface area contributed by atoms with Crippen molar-refractivity contribution in [1.82, 2.24) is 5.43 Å². The van der Waals surface area contributed by atoms with Crippen molar-refractivity contribution in [2.45, 2.75) is 6.92 Å². The predicted molar refractivity (Wildman–Crippen MR) is 87.4 cm³/mol. The van der Waals surface area contributed by atoms with Crippen molar-refractivity contribution < 1.29 is 4.79 Å². The van der Waals surface area contributed by atoms with Crippen LogP contribution in [-0.4, -0.2) is 12.1 Å².